The molecule has 2 heterocycles. The topological polar surface area (TPSA) is 61.9 Å². The van der Waals surface area contributed by atoms with Crippen LogP contribution in [0.25, 0.3) is 22.0 Å². The van der Waals surface area contributed by atoms with Gasteiger partial charge in [0.2, 0.25) is 0 Å². The molecule has 0 aliphatic carbocycles. The standard InChI is InChI=1S/C27H22N4O/c32-27(26-15-14-21-10-5-7-13-25(21)30-26)31(18-23-16-28-19-29-23)17-22-11-4-6-12-24(22)20-8-2-1-3-9-20/h1-16,19H,17-18H2,(H,28,29). The summed E-state index contributed by atoms with van der Waals surface area (Å²) in [5, 5.41) is 1.01. The lowest BCUT2D eigenvalue weighted by Crippen LogP contribution is -2.31. The second-order valence-electron chi connectivity index (χ2n) is 7.65. The molecule has 0 spiro atoms. The molecule has 5 heteroatoms. The maximum Gasteiger partial charge on any atom is 0.273 e. The van der Waals surface area contributed by atoms with Crippen LogP contribution in [-0.4, -0.2) is 25.8 Å². The largest absolute Gasteiger partial charge is 0.347 e. The maximum absolute atomic E-state index is 13.6. The molecule has 0 aliphatic heterocycles. The number of rotatable bonds is 6. The number of pyridine rings is 1. The molecule has 0 unspecified atom stereocenters. The first-order valence-corrected chi connectivity index (χ1v) is 10.5. The zero-order valence-corrected chi connectivity index (χ0v) is 17.5. The summed E-state index contributed by atoms with van der Waals surface area (Å²) in [5.41, 5.74) is 5.43. The van der Waals surface area contributed by atoms with Crippen LogP contribution in [0.15, 0.2) is 104 Å². The van der Waals surface area contributed by atoms with Crippen LogP contribution in [0.4, 0.5) is 0 Å². The first-order valence-electron chi connectivity index (χ1n) is 10.5. The number of carbonyl (C=O) groups excluding carboxylic acids is 1. The van der Waals surface area contributed by atoms with Gasteiger partial charge in [-0.1, -0.05) is 78.9 Å². The third-order valence-electron chi connectivity index (χ3n) is 5.48. The Bertz CT molecular complexity index is 1350. The van der Waals surface area contributed by atoms with Gasteiger partial charge in [-0.05, 0) is 28.8 Å². The smallest absolute Gasteiger partial charge is 0.273 e. The molecule has 5 aromatic rings. The molecule has 0 atom stereocenters. The number of benzene rings is 3. The van der Waals surface area contributed by atoms with Gasteiger partial charge in [-0.25, -0.2) is 9.97 Å². The number of hydrogen-bond donors (Lipinski definition) is 1. The number of aromatic nitrogens is 3. The number of nitrogens with one attached hydrogen (secondary N) is 1. The minimum atomic E-state index is -0.117. The van der Waals surface area contributed by atoms with E-state index in [-0.39, 0.29) is 5.91 Å². The highest BCUT2D eigenvalue weighted by atomic mass is 16.2. The second-order valence-corrected chi connectivity index (χ2v) is 7.65. The van der Waals surface area contributed by atoms with Gasteiger partial charge in [0.15, 0.2) is 0 Å². The SMILES string of the molecule is O=C(c1ccc2ccccc2n1)N(Cc1cnc[nH]1)Cc1ccccc1-c1ccccc1. The third-order valence-corrected chi connectivity index (χ3v) is 5.48. The molecule has 32 heavy (non-hydrogen) atoms. The maximum atomic E-state index is 13.6. The summed E-state index contributed by atoms with van der Waals surface area (Å²) in [4.78, 5) is 27.3. The molecule has 0 saturated heterocycles. The monoisotopic (exact) mass is 418 g/mol. The van der Waals surface area contributed by atoms with Crippen molar-refractivity contribution in [3.63, 3.8) is 0 Å². The van der Waals surface area contributed by atoms with Crippen LogP contribution < -0.4 is 0 Å². The zero-order chi connectivity index (χ0) is 21.8. The van der Waals surface area contributed by atoms with Gasteiger partial charge in [0.1, 0.15) is 5.69 Å². The summed E-state index contributed by atoms with van der Waals surface area (Å²) in [6.07, 6.45) is 3.38. The summed E-state index contributed by atoms with van der Waals surface area (Å²) in [5.74, 6) is -0.117. The predicted molar refractivity (Wildman–Crippen MR) is 126 cm³/mol. The van der Waals surface area contributed by atoms with Gasteiger partial charge in [0.25, 0.3) is 5.91 Å². The van der Waals surface area contributed by atoms with Gasteiger partial charge in [-0.2, -0.15) is 0 Å². The van der Waals surface area contributed by atoms with Gasteiger partial charge in [0.05, 0.1) is 24.1 Å². The number of nitrogens with zero attached hydrogens (tertiary/aromatic N) is 3. The highest BCUT2D eigenvalue weighted by molar-refractivity contribution is 5.95. The van der Waals surface area contributed by atoms with Crippen LogP contribution in [0.1, 0.15) is 21.7 Å². The fourth-order valence-corrected chi connectivity index (χ4v) is 3.89. The van der Waals surface area contributed by atoms with E-state index in [2.05, 4.69) is 39.2 Å². The molecule has 156 valence electrons. The van der Waals surface area contributed by atoms with E-state index < -0.39 is 0 Å². The Morgan fingerprint density at radius 3 is 2.44 bits per heavy atom. The zero-order valence-electron chi connectivity index (χ0n) is 17.5. The molecule has 0 fully saturated rings. The average molecular weight is 419 g/mol. The summed E-state index contributed by atoms with van der Waals surface area (Å²) >= 11 is 0. The van der Waals surface area contributed by atoms with Crippen LogP contribution in [0, 0.1) is 0 Å². The van der Waals surface area contributed by atoms with E-state index in [1.165, 1.54) is 0 Å². The van der Waals surface area contributed by atoms with Crippen molar-refractivity contribution in [2.45, 2.75) is 13.1 Å². The summed E-state index contributed by atoms with van der Waals surface area (Å²) < 4.78 is 0. The summed E-state index contributed by atoms with van der Waals surface area (Å²) in [7, 11) is 0. The Morgan fingerprint density at radius 1 is 0.812 bits per heavy atom. The number of carbonyl (C=O) groups is 1. The molecule has 2 aromatic heterocycles. The molecule has 0 saturated carbocycles. The number of H-pyrrole nitrogens is 1. The molecule has 5 nitrogen and oxygen atoms in total. The van der Waals surface area contributed by atoms with Crippen molar-refractivity contribution in [2.75, 3.05) is 0 Å². The van der Waals surface area contributed by atoms with E-state index in [1.807, 2.05) is 65.6 Å². The highest BCUT2D eigenvalue weighted by Crippen LogP contribution is 2.26. The summed E-state index contributed by atoms with van der Waals surface area (Å²) in [6.45, 7) is 0.869. The minimum absolute atomic E-state index is 0.117. The number of para-hydroxylation sites is 1. The van der Waals surface area contributed by atoms with E-state index in [0.717, 1.165) is 33.3 Å². The van der Waals surface area contributed by atoms with Crippen LogP contribution >= 0.6 is 0 Å². The second kappa shape index (κ2) is 8.86. The van der Waals surface area contributed by atoms with Crippen LogP contribution in [-0.2, 0) is 13.1 Å². The van der Waals surface area contributed by atoms with Gasteiger partial charge in [-0.3, -0.25) is 4.79 Å². The van der Waals surface area contributed by atoms with Crippen molar-refractivity contribution < 1.29 is 4.79 Å². The number of imidazole rings is 1. The van der Waals surface area contributed by atoms with Gasteiger partial charge in [-0.15, -0.1) is 0 Å². The van der Waals surface area contributed by atoms with E-state index in [0.29, 0.717) is 18.8 Å². The Kier molecular flexibility index (Phi) is 5.45. The van der Waals surface area contributed by atoms with Crippen LogP contribution in [0.2, 0.25) is 0 Å². The Labute approximate surface area is 186 Å². The normalized spacial score (nSPS) is 10.9. The lowest BCUT2D eigenvalue weighted by atomic mass is 9.99. The van der Waals surface area contributed by atoms with Gasteiger partial charge < -0.3 is 9.88 Å². The van der Waals surface area contributed by atoms with Crippen molar-refractivity contribution in [3.05, 3.63) is 120 Å². The number of aromatic amines is 1. The molecule has 0 aliphatic rings. The van der Waals surface area contributed by atoms with Crippen molar-refractivity contribution in [3.8, 4) is 11.1 Å². The Morgan fingerprint density at radius 2 is 1.59 bits per heavy atom. The molecule has 1 amide bonds. The van der Waals surface area contributed by atoms with E-state index in [4.69, 9.17) is 0 Å². The fraction of sp³-hybridized carbons (Fsp3) is 0.0741. The molecule has 1 N–H and O–H groups in total. The third kappa shape index (κ3) is 4.14. The molecule has 0 radical (unpaired) electrons. The first kappa shape index (κ1) is 19.7. The Balaban J connectivity index is 1.51. The molecule has 5 rings (SSSR count). The minimum Gasteiger partial charge on any atom is -0.347 e. The Hall–Kier alpha value is -4.25. The summed E-state index contributed by atoms with van der Waals surface area (Å²) in [6, 6.07) is 30.0. The predicted octanol–water partition coefficient (Wildman–Crippen LogP) is 5.47. The first-order chi connectivity index (χ1) is 15.8. The van der Waals surface area contributed by atoms with Crippen molar-refractivity contribution >= 4 is 16.8 Å². The molecule has 0 bridgehead atoms. The fourth-order valence-electron chi connectivity index (χ4n) is 3.89. The number of hydrogen-bond acceptors (Lipinski definition) is 3. The number of fused-ring (bicyclic) bond motifs is 1. The average Bonchev–Trinajstić information content (AvgIpc) is 3.37. The van der Waals surface area contributed by atoms with Gasteiger partial charge >= 0.3 is 0 Å². The number of amides is 1. The van der Waals surface area contributed by atoms with Crippen LogP contribution in [0.5, 0.6) is 0 Å². The van der Waals surface area contributed by atoms with Crippen molar-refractivity contribution in [1.82, 2.24) is 19.9 Å². The van der Waals surface area contributed by atoms with Crippen molar-refractivity contribution in [2.24, 2.45) is 0 Å². The lowest BCUT2D eigenvalue weighted by Gasteiger charge is -2.23. The molecular weight excluding hydrogens is 396 g/mol. The molecular formula is C27H22N4O. The van der Waals surface area contributed by atoms with E-state index >= 15 is 0 Å². The lowest BCUT2D eigenvalue weighted by molar-refractivity contribution is 0.0723. The quantitative estimate of drug-likeness (QED) is 0.398. The van der Waals surface area contributed by atoms with Crippen LogP contribution in [0.3, 0.4) is 0 Å². The highest BCUT2D eigenvalue weighted by Gasteiger charge is 2.20. The molecule has 3 aromatic carbocycles. The van der Waals surface area contributed by atoms with E-state index in [9.17, 15) is 4.79 Å². The van der Waals surface area contributed by atoms with E-state index in [1.54, 1.807) is 18.6 Å². The van der Waals surface area contributed by atoms with Crippen molar-refractivity contribution in [1.29, 1.82) is 0 Å². The van der Waals surface area contributed by atoms with Gasteiger partial charge in [0, 0.05) is 18.1 Å².